The van der Waals surface area contributed by atoms with Crippen LogP contribution in [0.1, 0.15) is 0 Å². The normalized spacial score (nSPS) is 12.0. The summed E-state index contributed by atoms with van der Waals surface area (Å²) >= 11 is 13.8. The topological polar surface area (TPSA) is 51.6 Å². The van der Waals surface area contributed by atoms with Crippen LogP contribution in [0.3, 0.4) is 0 Å². The summed E-state index contributed by atoms with van der Waals surface area (Å²) in [6.45, 7) is 0.212. The van der Waals surface area contributed by atoms with Gasteiger partial charge >= 0.3 is 0 Å². The SMILES string of the molecule is OC(COc1ccc(Sc2ccnc3cc(Cl)ccc23)cc1)COc1ccccc1Cl. The monoisotopic (exact) mass is 471 g/mol. The van der Waals surface area contributed by atoms with E-state index in [1.807, 2.05) is 60.7 Å². The molecule has 0 saturated carbocycles. The van der Waals surface area contributed by atoms with Gasteiger partial charge in [-0.25, -0.2) is 0 Å². The predicted molar refractivity (Wildman–Crippen MR) is 126 cm³/mol. The first kappa shape index (κ1) is 21.8. The van der Waals surface area contributed by atoms with Gasteiger partial charge in [-0.3, -0.25) is 4.98 Å². The van der Waals surface area contributed by atoms with E-state index in [0.29, 0.717) is 21.5 Å². The van der Waals surface area contributed by atoms with Gasteiger partial charge in [0, 0.05) is 26.4 Å². The van der Waals surface area contributed by atoms with E-state index in [9.17, 15) is 5.11 Å². The molecule has 0 bridgehead atoms. The second-order valence-corrected chi connectivity index (χ2v) is 8.71. The molecular weight excluding hydrogens is 453 g/mol. The van der Waals surface area contributed by atoms with Crippen molar-refractivity contribution in [1.29, 1.82) is 0 Å². The Morgan fingerprint density at radius 2 is 1.68 bits per heavy atom. The first-order valence-electron chi connectivity index (χ1n) is 9.59. The van der Waals surface area contributed by atoms with Crippen molar-refractivity contribution in [2.75, 3.05) is 13.2 Å². The van der Waals surface area contributed by atoms with Gasteiger partial charge in [-0.05, 0) is 54.6 Å². The lowest BCUT2D eigenvalue weighted by molar-refractivity contribution is 0.0626. The van der Waals surface area contributed by atoms with Crippen molar-refractivity contribution in [2.24, 2.45) is 0 Å². The molecule has 4 rings (SSSR count). The summed E-state index contributed by atoms with van der Waals surface area (Å²) in [4.78, 5) is 6.55. The predicted octanol–water partition coefficient (Wildman–Crippen LogP) is 6.51. The number of benzene rings is 3. The van der Waals surface area contributed by atoms with Gasteiger partial charge in [0.2, 0.25) is 0 Å². The Kier molecular flexibility index (Phi) is 7.20. The lowest BCUT2D eigenvalue weighted by Crippen LogP contribution is -2.25. The lowest BCUT2D eigenvalue weighted by atomic mass is 10.2. The number of halogens is 2. The van der Waals surface area contributed by atoms with E-state index in [2.05, 4.69) is 4.98 Å². The van der Waals surface area contributed by atoms with Gasteiger partial charge in [0.15, 0.2) is 0 Å². The zero-order chi connectivity index (χ0) is 21.6. The Morgan fingerprint density at radius 3 is 2.48 bits per heavy atom. The minimum Gasteiger partial charge on any atom is -0.491 e. The van der Waals surface area contributed by atoms with Crippen molar-refractivity contribution < 1.29 is 14.6 Å². The molecule has 1 aromatic heterocycles. The Morgan fingerprint density at radius 1 is 0.903 bits per heavy atom. The van der Waals surface area contributed by atoms with Crippen molar-refractivity contribution in [1.82, 2.24) is 4.98 Å². The first-order valence-corrected chi connectivity index (χ1v) is 11.2. The molecule has 1 atom stereocenters. The number of aliphatic hydroxyl groups excluding tert-OH is 1. The maximum Gasteiger partial charge on any atom is 0.138 e. The highest BCUT2D eigenvalue weighted by Crippen LogP contribution is 2.34. The van der Waals surface area contributed by atoms with E-state index in [1.54, 1.807) is 30.1 Å². The average molecular weight is 472 g/mol. The largest absolute Gasteiger partial charge is 0.491 e. The zero-order valence-corrected chi connectivity index (χ0v) is 18.7. The van der Waals surface area contributed by atoms with Crippen LogP contribution in [0.4, 0.5) is 0 Å². The fraction of sp³-hybridized carbons (Fsp3) is 0.125. The van der Waals surface area contributed by atoms with Crippen molar-refractivity contribution in [2.45, 2.75) is 15.9 Å². The van der Waals surface area contributed by atoms with Gasteiger partial charge in [-0.1, -0.05) is 53.2 Å². The quantitative estimate of drug-likeness (QED) is 0.317. The molecule has 0 radical (unpaired) electrons. The molecule has 1 heterocycles. The van der Waals surface area contributed by atoms with E-state index in [-0.39, 0.29) is 13.2 Å². The number of aromatic nitrogens is 1. The van der Waals surface area contributed by atoms with E-state index < -0.39 is 6.10 Å². The summed E-state index contributed by atoms with van der Waals surface area (Å²) in [7, 11) is 0. The molecule has 0 spiro atoms. The third-order valence-electron chi connectivity index (χ3n) is 4.43. The van der Waals surface area contributed by atoms with Gasteiger partial charge in [0.05, 0.1) is 10.5 Å². The third-order valence-corrected chi connectivity index (χ3v) is 6.06. The van der Waals surface area contributed by atoms with Crippen LogP contribution in [0, 0.1) is 0 Å². The smallest absolute Gasteiger partial charge is 0.138 e. The highest BCUT2D eigenvalue weighted by molar-refractivity contribution is 7.99. The minimum absolute atomic E-state index is 0.0940. The number of hydrogen-bond acceptors (Lipinski definition) is 5. The average Bonchev–Trinajstić information content (AvgIpc) is 2.78. The second kappa shape index (κ2) is 10.2. The fourth-order valence-electron chi connectivity index (χ4n) is 2.90. The number of aliphatic hydroxyl groups is 1. The second-order valence-electron chi connectivity index (χ2n) is 6.75. The summed E-state index contributed by atoms with van der Waals surface area (Å²) in [5.41, 5.74) is 0.866. The van der Waals surface area contributed by atoms with Crippen LogP contribution in [-0.4, -0.2) is 29.4 Å². The maximum absolute atomic E-state index is 10.1. The van der Waals surface area contributed by atoms with Crippen LogP contribution in [-0.2, 0) is 0 Å². The molecule has 0 fully saturated rings. The van der Waals surface area contributed by atoms with Crippen molar-refractivity contribution in [3.63, 3.8) is 0 Å². The van der Waals surface area contributed by atoms with Gasteiger partial charge in [0.1, 0.15) is 30.8 Å². The molecular formula is C24H19Cl2NO3S. The molecule has 1 N–H and O–H groups in total. The molecule has 0 saturated heterocycles. The van der Waals surface area contributed by atoms with E-state index in [4.69, 9.17) is 32.7 Å². The van der Waals surface area contributed by atoms with E-state index >= 15 is 0 Å². The molecule has 4 nitrogen and oxygen atoms in total. The number of hydrogen-bond donors (Lipinski definition) is 1. The summed E-state index contributed by atoms with van der Waals surface area (Å²) in [5, 5.41) is 12.4. The summed E-state index contributed by atoms with van der Waals surface area (Å²) < 4.78 is 11.2. The zero-order valence-electron chi connectivity index (χ0n) is 16.4. The number of pyridine rings is 1. The molecule has 1 unspecified atom stereocenters. The molecule has 158 valence electrons. The van der Waals surface area contributed by atoms with Crippen LogP contribution in [0.25, 0.3) is 10.9 Å². The maximum atomic E-state index is 10.1. The van der Waals surface area contributed by atoms with E-state index in [1.165, 1.54) is 0 Å². The summed E-state index contributed by atoms with van der Waals surface area (Å²) in [6, 6.07) is 22.6. The van der Waals surface area contributed by atoms with Crippen LogP contribution in [0.2, 0.25) is 10.0 Å². The van der Waals surface area contributed by atoms with Gasteiger partial charge in [0.25, 0.3) is 0 Å². The highest BCUT2D eigenvalue weighted by Gasteiger charge is 2.09. The Balaban J connectivity index is 1.32. The number of para-hydroxylation sites is 1. The number of fused-ring (bicyclic) bond motifs is 1. The number of rotatable bonds is 8. The standard InChI is InChI=1S/C24H19Cl2NO3S/c25-16-5-10-20-22(13-16)27-12-11-24(20)31-19-8-6-18(7-9-19)29-14-17(28)15-30-23-4-2-1-3-21(23)26/h1-13,17,28H,14-15H2. The third kappa shape index (κ3) is 5.83. The number of nitrogens with zero attached hydrogens (tertiary/aromatic N) is 1. The molecule has 0 aliphatic heterocycles. The molecule has 4 aromatic rings. The molecule has 0 aliphatic rings. The van der Waals surface area contributed by atoms with Crippen LogP contribution in [0.5, 0.6) is 11.5 Å². The van der Waals surface area contributed by atoms with Crippen molar-refractivity contribution in [3.8, 4) is 11.5 Å². The summed E-state index contributed by atoms with van der Waals surface area (Å²) in [6.07, 6.45) is 1.00. The van der Waals surface area contributed by atoms with Crippen molar-refractivity contribution >= 4 is 45.9 Å². The van der Waals surface area contributed by atoms with Crippen LogP contribution >= 0.6 is 35.0 Å². The molecule has 7 heteroatoms. The fourth-order valence-corrected chi connectivity index (χ4v) is 4.20. The first-order chi connectivity index (χ1) is 15.1. The molecule has 0 amide bonds. The van der Waals surface area contributed by atoms with Gasteiger partial charge < -0.3 is 14.6 Å². The lowest BCUT2D eigenvalue weighted by Gasteiger charge is -2.14. The van der Waals surface area contributed by atoms with Gasteiger partial charge in [-0.2, -0.15) is 0 Å². The Labute approximate surface area is 194 Å². The Hall–Kier alpha value is -2.44. The van der Waals surface area contributed by atoms with E-state index in [0.717, 1.165) is 20.7 Å². The van der Waals surface area contributed by atoms with Crippen LogP contribution in [0.15, 0.2) is 88.8 Å². The minimum atomic E-state index is -0.777. The molecule has 3 aromatic carbocycles. The Bertz CT molecular complexity index is 1170. The number of ether oxygens (including phenoxy) is 2. The molecule has 31 heavy (non-hydrogen) atoms. The van der Waals surface area contributed by atoms with Crippen LogP contribution < -0.4 is 9.47 Å². The summed E-state index contributed by atoms with van der Waals surface area (Å²) in [5.74, 6) is 1.21. The van der Waals surface area contributed by atoms with Crippen molar-refractivity contribution in [3.05, 3.63) is 89.0 Å². The molecule has 0 aliphatic carbocycles. The van der Waals surface area contributed by atoms with Gasteiger partial charge in [-0.15, -0.1) is 0 Å². The highest BCUT2D eigenvalue weighted by atomic mass is 35.5.